The minimum Gasteiger partial charge on any atom is -0.379 e. The molecule has 0 saturated heterocycles. The lowest BCUT2D eigenvalue weighted by molar-refractivity contribution is 0.509. The number of hydrogen-bond donors (Lipinski definition) is 1. The van der Waals surface area contributed by atoms with E-state index >= 15 is 0 Å². The summed E-state index contributed by atoms with van der Waals surface area (Å²) in [6.07, 6.45) is 1.68. The summed E-state index contributed by atoms with van der Waals surface area (Å²) in [7, 11) is 0. The van der Waals surface area contributed by atoms with Crippen LogP contribution in [0.5, 0.6) is 0 Å². The van der Waals surface area contributed by atoms with Crippen molar-refractivity contribution in [2.75, 3.05) is 5.32 Å². The van der Waals surface area contributed by atoms with Crippen molar-refractivity contribution in [3.8, 4) is 0 Å². The van der Waals surface area contributed by atoms with Crippen LogP contribution in [0.3, 0.4) is 0 Å². The molecular weight excluding hydrogens is 290 g/mol. The van der Waals surface area contributed by atoms with Gasteiger partial charge < -0.3 is 5.32 Å². The average Bonchev–Trinajstić information content (AvgIpc) is 2.33. The highest BCUT2D eigenvalue weighted by Crippen LogP contribution is 2.14. The standard InChI is InChI=1S/C12H9BrF2N2/c13-8-1-2-10(16-6-8)7-17-9-3-4-11(14)12(15)5-9/h1-6,17H,7H2. The molecular formula is C12H9BrF2N2. The topological polar surface area (TPSA) is 24.9 Å². The molecule has 1 heterocycles. The Balaban J connectivity index is 2.02. The molecule has 1 N–H and O–H groups in total. The Morgan fingerprint density at radius 1 is 1.12 bits per heavy atom. The molecule has 88 valence electrons. The molecule has 2 nitrogen and oxygen atoms in total. The van der Waals surface area contributed by atoms with Crippen molar-refractivity contribution in [1.29, 1.82) is 0 Å². The Kier molecular flexibility index (Phi) is 3.68. The van der Waals surface area contributed by atoms with Gasteiger partial charge in [-0.2, -0.15) is 0 Å². The molecule has 2 rings (SSSR count). The van der Waals surface area contributed by atoms with E-state index < -0.39 is 11.6 Å². The summed E-state index contributed by atoms with van der Waals surface area (Å²) in [6, 6.07) is 7.41. The maximum Gasteiger partial charge on any atom is 0.160 e. The zero-order valence-corrected chi connectivity index (χ0v) is 10.3. The molecule has 0 radical (unpaired) electrons. The predicted octanol–water partition coefficient (Wildman–Crippen LogP) is 3.73. The molecule has 0 spiro atoms. The van der Waals surface area contributed by atoms with E-state index in [-0.39, 0.29) is 0 Å². The third-order valence-corrected chi connectivity index (χ3v) is 2.65. The first-order chi connectivity index (χ1) is 8.15. The van der Waals surface area contributed by atoms with Gasteiger partial charge in [0.15, 0.2) is 11.6 Å². The highest BCUT2D eigenvalue weighted by Gasteiger charge is 2.02. The summed E-state index contributed by atoms with van der Waals surface area (Å²) < 4.78 is 26.5. The molecule has 1 aromatic heterocycles. The normalized spacial score (nSPS) is 10.3. The van der Waals surface area contributed by atoms with Crippen LogP contribution in [0, 0.1) is 11.6 Å². The van der Waals surface area contributed by atoms with Crippen molar-refractivity contribution in [2.24, 2.45) is 0 Å². The van der Waals surface area contributed by atoms with Gasteiger partial charge in [-0.1, -0.05) is 0 Å². The molecule has 0 unspecified atom stereocenters. The van der Waals surface area contributed by atoms with Crippen LogP contribution in [0.1, 0.15) is 5.69 Å². The van der Waals surface area contributed by atoms with E-state index in [4.69, 9.17) is 0 Å². The van der Waals surface area contributed by atoms with Crippen molar-refractivity contribution < 1.29 is 8.78 Å². The van der Waals surface area contributed by atoms with Crippen LogP contribution >= 0.6 is 15.9 Å². The van der Waals surface area contributed by atoms with Gasteiger partial charge >= 0.3 is 0 Å². The van der Waals surface area contributed by atoms with Crippen molar-refractivity contribution in [3.05, 3.63) is 58.3 Å². The molecule has 0 atom stereocenters. The van der Waals surface area contributed by atoms with Gasteiger partial charge in [-0.3, -0.25) is 4.98 Å². The first kappa shape index (κ1) is 12.0. The largest absolute Gasteiger partial charge is 0.379 e. The molecule has 0 fully saturated rings. The molecule has 2 aromatic rings. The average molecular weight is 299 g/mol. The van der Waals surface area contributed by atoms with Crippen LogP contribution < -0.4 is 5.32 Å². The van der Waals surface area contributed by atoms with Gasteiger partial charge in [0, 0.05) is 22.4 Å². The summed E-state index contributed by atoms with van der Waals surface area (Å²) in [5.74, 6) is -1.71. The van der Waals surface area contributed by atoms with Crippen molar-refractivity contribution in [1.82, 2.24) is 4.98 Å². The Morgan fingerprint density at radius 2 is 1.94 bits per heavy atom. The lowest BCUT2D eigenvalue weighted by Crippen LogP contribution is -2.01. The highest BCUT2D eigenvalue weighted by atomic mass is 79.9. The quantitative estimate of drug-likeness (QED) is 0.934. The van der Waals surface area contributed by atoms with Crippen molar-refractivity contribution in [3.63, 3.8) is 0 Å². The SMILES string of the molecule is Fc1ccc(NCc2ccc(Br)cn2)cc1F. The van der Waals surface area contributed by atoms with E-state index in [1.54, 1.807) is 6.20 Å². The molecule has 1 aromatic carbocycles. The molecule has 17 heavy (non-hydrogen) atoms. The van der Waals surface area contributed by atoms with Crippen LogP contribution in [-0.2, 0) is 6.54 Å². The number of hydrogen-bond acceptors (Lipinski definition) is 2. The third kappa shape index (κ3) is 3.23. The first-order valence-electron chi connectivity index (χ1n) is 4.94. The predicted molar refractivity (Wildman–Crippen MR) is 65.6 cm³/mol. The van der Waals surface area contributed by atoms with Crippen LogP contribution in [0.25, 0.3) is 0 Å². The molecule has 0 saturated carbocycles. The molecule has 0 amide bonds. The number of aromatic nitrogens is 1. The van der Waals surface area contributed by atoms with Gasteiger partial charge in [0.1, 0.15) is 0 Å². The van der Waals surface area contributed by atoms with Crippen LogP contribution in [0.15, 0.2) is 41.0 Å². The second-order valence-electron chi connectivity index (χ2n) is 3.45. The monoisotopic (exact) mass is 298 g/mol. The van der Waals surface area contributed by atoms with Crippen LogP contribution in [-0.4, -0.2) is 4.98 Å². The number of nitrogens with zero attached hydrogens (tertiary/aromatic N) is 1. The highest BCUT2D eigenvalue weighted by molar-refractivity contribution is 9.10. The first-order valence-corrected chi connectivity index (χ1v) is 5.74. The number of halogens is 3. The maximum atomic E-state index is 12.9. The molecule has 0 aliphatic rings. The lowest BCUT2D eigenvalue weighted by Gasteiger charge is -2.06. The molecule has 0 aliphatic carbocycles. The van der Waals surface area contributed by atoms with E-state index in [0.29, 0.717) is 12.2 Å². The van der Waals surface area contributed by atoms with Gasteiger partial charge in [0.2, 0.25) is 0 Å². The smallest absolute Gasteiger partial charge is 0.160 e. The number of rotatable bonds is 3. The van der Waals surface area contributed by atoms with Crippen molar-refractivity contribution in [2.45, 2.75) is 6.54 Å². The van der Waals surface area contributed by atoms with Crippen molar-refractivity contribution >= 4 is 21.6 Å². The Labute approximate surface area is 106 Å². The van der Waals surface area contributed by atoms with Gasteiger partial charge in [-0.15, -0.1) is 0 Å². The maximum absolute atomic E-state index is 12.9. The van der Waals surface area contributed by atoms with E-state index in [0.717, 1.165) is 22.3 Å². The van der Waals surface area contributed by atoms with Crippen LogP contribution in [0.4, 0.5) is 14.5 Å². The van der Waals surface area contributed by atoms with Gasteiger partial charge in [-0.25, -0.2) is 8.78 Å². The van der Waals surface area contributed by atoms with E-state index in [1.165, 1.54) is 6.07 Å². The zero-order valence-electron chi connectivity index (χ0n) is 8.75. The third-order valence-electron chi connectivity index (χ3n) is 2.18. The number of pyridine rings is 1. The second kappa shape index (κ2) is 5.23. The Morgan fingerprint density at radius 3 is 2.59 bits per heavy atom. The van der Waals surface area contributed by atoms with Crippen LogP contribution in [0.2, 0.25) is 0 Å². The zero-order chi connectivity index (χ0) is 12.3. The van der Waals surface area contributed by atoms with Gasteiger partial charge in [0.05, 0.1) is 12.2 Å². The molecule has 0 bridgehead atoms. The molecule has 0 aliphatic heterocycles. The van der Waals surface area contributed by atoms with Gasteiger partial charge in [0.25, 0.3) is 0 Å². The fourth-order valence-corrected chi connectivity index (χ4v) is 1.54. The summed E-state index contributed by atoms with van der Waals surface area (Å²) in [5.41, 5.74) is 1.34. The summed E-state index contributed by atoms with van der Waals surface area (Å²) >= 11 is 3.28. The lowest BCUT2D eigenvalue weighted by atomic mass is 10.3. The van der Waals surface area contributed by atoms with E-state index in [2.05, 4.69) is 26.2 Å². The Bertz CT molecular complexity index is 514. The molecule has 5 heteroatoms. The number of nitrogens with one attached hydrogen (secondary N) is 1. The number of anilines is 1. The summed E-state index contributed by atoms with van der Waals surface area (Å²) in [6.45, 7) is 0.457. The Hall–Kier alpha value is -1.49. The fraction of sp³-hybridized carbons (Fsp3) is 0.0833. The minimum absolute atomic E-state index is 0.457. The number of benzene rings is 1. The summed E-state index contributed by atoms with van der Waals surface area (Å²) in [4.78, 5) is 4.16. The van der Waals surface area contributed by atoms with E-state index in [1.807, 2.05) is 12.1 Å². The fourth-order valence-electron chi connectivity index (χ4n) is 1.31. The summed E-state index contributed by atoms with van der Waals surface area (Å²) in [5, 5.41) is 2.96. The van der Waals surface area contributed by atoms with Gasteiger partial charge in [-0.05, 0) is 40.2 Å². The second-order valence-corrected chi connectivity index (χ2v) is 4.37. The van der Waals surface area contributed by atoms with E-state index in [9.17, 15) is 8.78 Å². The minimum atomic E-state index is -0.862.